The second-order valence-electron chi connectivity index (χ2n) is 6.83. The number of para-hydroxylation sites is 2. The minimum absolute atomic E-state index is 0.456. The molecule has 7 nitrogen and oxygen atoms in total. The zero-order valence-corrected chi connectivity index (χ0v) is 16.1. The molecule has 1 aliphatic rings. The molecule has 0 spiro atoms. The molecule has 0 saturated carbocycles. The zero-order valence-electron chi connectivity index (χ0n) is 16.1. The van der Waals surface area contributed by atoms with Crippen LogP contribution in [0.5, 0.6) is 0 Å². The maximum atomic E-state index is 5.47. The van der Waals surface area contributed by atoms with E-state index in [1.54, 1.807) is 6.20 Å². The number of aryl methyl sites for hydroxylation is 2. The van der Waals surface area contributed by atoms with Crippen LogP contribution in [-0.4, -0.2) is 41.5 Å². The van der Waals surface area contributed by atoms with E-state index >= 15 is 0 Å². The molecule has 0 bridgehead atoms. The van der Waals surface area contributed by atoms with Gasteiger partial charge in [0.15, 0.2) is 5.82 Å². The summed E-state index contributed by atoms with van der Waals surface area (Å²) in [5, 5.41) is 14.8. The molecule has 144 valence electrons. The molecule has 0 amide bonds. The van der Waals surface area contributed by atoms with Crippen LogP contribution in [0.4, 0.5) is 28.8 Å². The van der Waals surface area contributed by atoms with E-state index in [1.165, 1.54) is 11.1 Å². The van der Waals surface area contributed by atoms with Crippen molar-refractivity contribution in [3.63, 3.8) is 0 Å². The van der Waals surface area contributed by atoms with Crippen molar-refractivity contribution >= 4 is 28.8 Å². The molecule has 0 aliphatic carbocycles. The van der Waals surface area contributed by atoms with E-state index in [4.69, 9.17) is 4.74 Å². The lowest BCUT2D eigenvalue weighted by Crippen LogP contribution is -2.36. The van der Waals surface area contributed by atoms with E-state index < -0.39 is 0 Å². The van der Waals surface area contributed by atoms with Crippen molar-refractivity contribution in [2.75, 3.05) is 41.8 Å². The summed E-state index contributed by atoms with van der Waals surface area (Å²) in [6.07, 6.45) is 1.63. The van der Waals surface area contributed by atoms with E-state index in [1.807, 2.05) is 24.3 Å². The lowest BCUT2D eigenvalue weighted by Gasteiger charge is -2.30. The molecule has 1 saturated heterocycles. The average molecular weight is 376 g/mol. The number of aromatic nitrogens is 3. The number of morpholine rings is 1. The molecule has 1 aliphatic heterocycles. The summed E-state index contributed by atoms with van der Waals surface area (Å²) in [5.41, 5.74) is 5.53. The molecular weight excluding hydrogens is 352 g/mol. The number of benzene rings is 2. The highest BCUT2D eigenvalue weighted by Crippen LogP contribution is 2.28. The first-order valence-corrected chi connectivity index (χ1v) is 9.42. The molecule has 4 rings (SSSR count). The Bertz CT molecular complexity index is 955. The first kappa shape index (κ1) is 18.2. The molecule has 3 aromatic rings. The van der Waals surface area contributed by atoms with Crippen molar-refractivity contribution in [2.45, 2.75) is 13.8 Å². The van der Waals surface area contributed by atoms with Crippen molar-refractivity contribution in [3.05, 3.63) is 59.8 Å². The Morgan fingerprint density at radius 2 is 1.79 bits per heavy atom. The predicted octanol–water partition coefficient (Wildman–Crippen LogP) is 3.81. The molecule has 2 aromatic carbocycles. The van der Waals surface area contributed by atoms with Crippen LogP contribution in [0.3, 0.4) is 0 Å². The van der Waals surface area contributed by atoms with Crippen LogP contribution < -0.4 is 15.5 Å². The minimum Gasteiger partial charge on any atom is -0.378 e. The third kappa shape index (κ3) is 4.20. The molecule has 28 heavy (non-hydrogen) atoms. The second kappa shape index (κ2) is 8.22. The van der Waals surface area contributed by atoms with Crippen LogP contribution >= 0.6 is 0 Å². The normalized spacial score (nSPS) is 14.0. The number of hydrogen-bond donors (Lipinski definition) is 2. The van der Waals surface area contributed by atoms with Crippen LogP contribution in [0, 0.1) is 13.8 Å². The van der Waals surface area contributed by atoms with Crippen molar-refractivity contribution in [1.29, 1.82) is 0 Å². The fourth-order valence-corrected chi connectivity index (χ4v) is 3.16. The predicted molar refractivity (Wildman–Crippen MR) is 112 cm³/mol. The Hall–Kier alpha value is -3.19. The highest BCUT2D eigenvalue weighted by Gasteiger charge is 2.15. The quantitative estimate of drug-likeness (QED) is 0.701. The van der Waals surface area contributed by atoms with Gasteiger partial charge in [-0.25, -0.2) is 0 Å². The molecule has 7 heteroatoms. The summed E-state index contributed by atoms with van der Waals surface area (Å²) < 4.78 is 5.47. The highest BCUT2D eigenvalue weighted by molar-refractivity contribution is 5.74. The van der Waals surface area contributed by atoms with Crippen molar-refractivity contribution in [2.24, 2.45) is 0 Å². The Labute approximate surface area is 164 Å². The fraction of sp³-hybridized carbons (Fsp3) is 0.286. The van der Waals surface area contributed by atoms with Crippen LogP contribution in [0.25, 0.3) is 0 Å². The second-order valence-corrected chi connectivity index (χ2v) is 6.83. The number of anilines is 5. The van der Waals surface area contributed by atoms with Gasteiger partial charge in [0.05, 0.1) is 30.8 Å². The van der Waals surface area contributed by atoms with E-state index in [-0.39, 0.29) is 0 Å². The molecule has 1 fully saturated rings. The van der Waals surface area contributed by atoms with Gasteiger partial charge in [-0.15, -0.1) is 5.10 Å². The Morgan fingerprint density at radius 3 is 2.61 bits per heavy atom. The first-order valence-electron chi connectivity index (χ1n) is 9.42. The van der Waals surface area contributed by atoms with Gasteiger partial charge in [0.2, 0.25) is 5.95 Å². The average Bonchev–Trinajstić information content (AvgIpc) is 2.72. The van der Waals surface area contributed by atoms with Crippen LogP contribution in [0.15, 0.2) is 48.7 Å². The summed E-state index contributed by atoms with van der Waals surface area (Å²) in [5.74, 6) is 1.10. The van der Waals surface area contributed by atoms with Gasteiger partial charge in [-0.3, -0.25) is 0 Å². The minimum atomic E-state index is 0.456. The van der Waals surface area contributed by atoms with Crippen molar-refractivity contribution in [3.8, 4) is 0 Å². The van der Waals surface area contributed by atoms with Crippen LogP contribution in [0.1, 0.15) is 11.1 Å². The first-order chi connectivity index (χ1) is 13.7. The lowest BCUT2D eigenvalue weighted by molar-refractivity contribution is 0.123. The Balaban J connectivity index is 1.53. The lowest BCUT2D eigenvalue weighted by atomic mass is 10.1. The summed E-state index contributed by atoms with van der Waals surface area (Å²) in [6.45, 7) is 7.41. The summed E-state index contributed by atoms with van der Waals surface area (Å²) in [7, 11) is 0. The van der Waals surface area contributed by atoms with E-state index in [9.17, 15) is 0 Å². The summed E-state index contributed by atoms with van der Waals surface area (Å²) in [6, 6.07) is 14.4. The van der Waals surface area contributed by atoms with Crippen LogP contribution in [0.2, 0.25) is 0 Å². The van der Waals surface area contributed by atoms with Gasteiger partial charge >= 0.3 is 0 Å². The molecule has 0 radical (unpaired) electrons. The SMILES string of the molecule is Cc1ccc(Nc2nncc(Nc3ccccc3N3CCOCC3)n2)cc1C. The van der Waals surface area contributed by atoms with Gasteiger partial charge in [0.1, 0.15) is 0 Å². The van der Waals surface area contributed by atoms with E-state index in [2.05, 4.69) is 62.8 Å². The zero-order chi connectivity index (χ0) is 19.3. The van der Waals surface area contributed by atoms with E-state index in [0.29, 0.717) is 11.8 Å². The van der Waals surface area contributed by atoms with Gasteiger partial charge in [-0.2, -0.15) is 10.1 Å². The number of ether oxygens (including phenoxy) is 1. The molecule has 1 aromatic heterocycles. The van der Waals surface area contributed by atoms with Crippen molar-refractivity contribution in [1.82, 2.24) is 15.2 Å². The standard InChI is InChI=1S/C21H24N6O/c1-15-7-8-17(13-16(15)2)23-21-25-20(14-22-26-21)24-18-5-3-4-6-19(18)27-9-11-28-12-10-27/h3-8,13-14H,9-12H2,1-2H3,(H2,23,24,25,26). The molecule has 0 atom stereocenters. The molecular formula is C21H24N6O. The largest absolute Gasteiger partial charge is 0.378 e. The maximum absolute atomic E-state index is 5.47. The number of rotatable bonds is 5. The number of nitrogens with zero attached hydrogens (tertiary/aromatic N) is 4. The van der Waals surface area contributed by atoms with Gasteiger partial charge < -0.3 is 20.3 Å². The maximum Gasteiger partial charge on any atom is 0.249 e. The Kier molecular flexibility index (Phi) is 5.34. The van der Waals surface area contributed by atoms with Gasteiger partial charge in [-0.1, -0.05) is 18.2 Å². The third-order valence-corrected chi connectivity index (χ3v) is 4.84. The van der Waals surface area contributed by atoms with Crippen LogP contribution in [-0.2, 0) is 4.74 Å². The number of hydrogen-bond acceptors (Lipinski definition) is 7. The summed E-state index contributed by atoms with van der Waals surface area (Å²) in [4.78, 5) is 6.88. The third-order valence-electron chi connectivity index (χ3n) is 4.84. The van der Waals surface area contributed by atoms with Crippen molar-refractivity contribution < 1.29 is 4.74 Å². The topological polar surface area (TPSA) is 75.2 Å². The fourth-order valence-electron chi connectivity index (χ4n) is 3.16. The molecule has 0 unspecified atom stereocenters. The molecule has 2 N–H and O–H groups in total. The van der Waals surface area contributed by atoms with Gasteiger partial charge in [-0.05, 0) is 49.2 Å². The highest BCUT2D eigenvalue weighted by atomic mass is 16.5. The Morgan fingerprint density at radius 1 is 0.964 bits per heavy atom. The number of nitrogens with one attached hydrogen (secondary N) is 2. The van der Waals surface area contributed by atoms with Gasteiger partial charge in [0, 0.05) is 18.8 Å². The van der Waals surface area contributed by atoms with E-state index in [0.717, 1.165) is 43.4 Å². The molecule has 2 heterocycles. The smallest absolute Gasteiger partial charge is 0.249 e. The summed E-state index contributed by atoms with van der Waals surface area (Å²) >= 11 is 0. The van der Waals surface area contributed by atoms with Gasteiger partial charge in [0.25, 0.3) is 0 Å². The monoisotopic (exact) mass is 376 g/mol.